The molecule has 0 bridgehead atoms. The first-order valence-corrected chi connectivity index (χ1v) is 17.4. The number of aromatic nitrogens is 2. The third kappa shape index (κ3) is 5.18. The molecule has 3 aliphatic heterocycles. The molecule has 10 rings (SSSR count). The Morgan fingerprint density at radius 1 is 0.692 bits per heavy atom. The second-order valence-corrected chi connectivity index (χ2v) is 13.4. The summed E-state index contributed by atoms with van der Waals surface area (Å²) >= 11 is 0. The van der Waals surface area contributed by atoms with Gasteiger partial charge in [-0.15, -0.1) is 36.6 Å². The molecule has 52 heavy (non-hydrogen) atoms. The van der Waals surface area contributed by atoms with Gasteiger partial charge < -0.3 is 23.8 Å². The predicted octanol–water partition coefficient (Wildman–Crippen LogP) is 9.12. The van der Waals surface area contributed by atoms with Crippen LogP contribution in [0.3, 0.4) is 0 Å². The van der Waals surface area contributed by atoms with Crippen LogP contribution in [0.2, 0.25) is 0 Å². The zero-order chi connectivity index (χ0) is 34.1. The summed E-state index contributed by atoms with van der Waals surface area (Å²) in [6, 6.07) is 51.6. The van der Waals surface area contributed by atoms with Crippen molar-refractivity contribution in [3.63, 3.8) is 0 Å². The second-order valence-electron chi connectivity index (χ2n) is 13.4. The van der Waals surface area contributed by atoms with Crippen LogP contribution < -0.4 is 24.8 Å². The van der Waals surface area contributed by atoms with Crippen molar-refractivity contribution in [1.82, 2.24) is 9.46 Å². The fourth-order valence-electron chi connectivity index (χ4n) is 8.05. The van der Waals surface area contributed by atoms with Gasteiger partial charge in [0, 0.05) is 72.9 Å². The SMILES string of the molecule is Cc1cccc2c1B1N(C)c3ccc(Oc4[c-]c(N5[CH-]N(c6ccccc6)c6ccccc65)ccc4)[c-]c3-c3ncc(n31)-c1ccccc1CC2.[Pt]. The van der Waals surface area contributed by atoms with E-state index >= 15 is 0 Å². The fraction of sp³-hybridized carbons (Fsp3) is 0.0909. The first-order valence-electron chi connectivity index (χ1n) is 17.4. The summed E-state index contributed by atoms with van der Waals surface area (Å²) in [6.45, 7) is 4.29. The number of anilines is 5. The number of hydrogen-bond donors (Lipinski definition) is 0. The van der Waals surface area contributed by atoms with Crippen molar-refractivity contribution < 1.29 is 25.8 Å². The number of ether oxygens (including phenoxy) is 1. The zero-order valence-electron chi connectivity index (χ0n) is 28.7. The van der Waals surface area contributed by atoms with Crippen molar-refractivity contribution >= 4 is 40.9 Å². The molecule has 6 nitrogen and oxygen atoms in total. The van der Waals surface area contributed by atoms with Crippen LogP contribution in [-0.2, 0) is 33.9 Å². The van der Waals surface area contributed by atoms with Crippen molar-refractivity contribution in [3.05, 3.63) is 169 Å². The van der Waals surface area contributed by atoms with E-state index in [0.29, 0.717) is 11.5 Å². The number of imidazole rings is 1. The largest absolute Gasteiger partial charge is 0.503 e. The maximum atomic E-state index is 6.54. The van der Waals surface area contributed by atoms with Gasteiger partial charge >= 0.3 is 6.98 Å². The van der Waals surface area contributed by atoms with E-state index in [1.807, 2.05) is 30.5 Å². The Bertz CT molecular complexity index is 2460. The van der Waals surface area contributed by atoms with Gasteiger partial charge in [-0.1, -0.05) is 102 Å². The minimum absolute atomic E-state index is 0. The number of hydrogen-bond acceptors (Lipinski definition) is 5. The molecule has 0 atom stereocenters. The molecule has 0 N–H and O–H groups in total. The monoisotopic (exact) mass is 853 g/mol. The Morgan fingerprint density at radius 2 is 1.40 bits per heavy atom. The van der Waals surface area contributed by atoms with Gasteiger partial charge in [0.1, 0.15) is 0 Å². The first kappa shape index (κ1) is 32.4. The third-order valence-corrected chi connectivity index (χ3v) is 10.4. The number of nitrogens with zero attached hydrogens (tertiary/aromatic N) is 5. The number of fused-ring (bicyclic) bond motifs is 7. The van der Waals surface area contributed by atoms with E-state index in [4.69, 9.17) is 9.72 Å². The van der Waals surface area contributed by atoms with E-state index in [2.05, 4.69) is 155 Å². The van der Waals surface area contributed by atoms with E-state index in [0.717, 1.165) is 58.4 Å². The molecule has 0 saturated heterocycles. The van der Waals surface area contributed by atoms with Crippen molar-refractivity contribution in [2.45, 2.75) is 19.8 Å². The quantitative estimate of drug-likeness (QED) is 0.131. The van der Waals surface area contributed by atoms with Crippen molar-refractivity contribution in [2.24, 2.45) is 0 Å². The molecule has 1 aromatic heterocycles. The smallest absolute Gasteiger partial charge is 0.399 e. The van der Waals surface area contributed by atoms with E-state index in [-0.39, 0.29) is 28.0 Å². The molecule has 0 spiro atoms. The zero-order valence-corrected chi connectivity index (χ0v) is 31.0. The van der Waals surface area contributed by atoms with Crippen LogP contribution in [0, 0.1) is 25.7 Å². The summed E-state index contributed by atoms with van der Waals surface area (Å²) < 4.78 is 8.95. The minimum Gasteiger partial charge on any atom is -0.503 e. The van der Waals surface area contributed by atoms with E-state index in [1.165, 1.54) is 27.7 Å². The molecule has 8 heteroatoms. The molecule has 3 aliphatic rings. The van der Waals surface area contributed by atoms with Gasteiger partial charge in [0.2, 0.25) is 0 Å². The van der Waals surface area contributed by atoms with Gasteiger partial charge in [-0.25, -0.2) is 0 Å². The summed E-state index contributed by atoms with van der Waals surface area (Å²) in [4.78, 5) is 11.8. The van der Waals surface area contributed by atoms with Crippen LogP contribution in [-0.4, -0.2) is 23.5 Å². The molecule has 0 amide bonds. The first-order chi connectivity index (χ1) is 25.1. The van der Waals surface area contributed by atoms with E-state index in [1.54, 1.807) is 0 Å². The molecule has 7 aromatic rings. The summed E-state index contributed by atoms with van der Waals surface area (Å²) in [5.74, 6) is 2.12. The summed E-state index contributed by atoms with van der Waals surface area (Å²) in [7, 11) is 2.19. The summed E-state index contributed by atoms with van der Waals surface area (Å²) in [6.07, 6.45) is 3.99. The average Bonchev–Trinajstić information content (AvgIpc) is 3.79. The Hall–Kier alpha value is -5.52. The van der Waals surface area contributed by atoms with Crippen molar-refractivity contribution in [1.29, 1.82) is 0 Å². The summed E-state index contributed by atoms with van der Waals surface area (Å²) in [5.41, 5.74) is 13.9. The van der Waals surface area contributed by atoms with Crippen LogP contribution in [0.5, 0.6) is 11.5 Å². The molecule has 0 saturated carbocycles. The maximum absolute atomic E-state index is 6.54. The molecule has 6 aromatic carbocycles. The third-order valence-electron chi connectivity index (χ3n) is 10.4. The molecule has 0 unspecified atom stereocenters. The predicted molar refractivity (Wildman–Crippen MR) is 207 cm³/mol. The molecule has 0 fully saturated rings. The normalized spacial score (nSPS) is 13.8. The average molecular weight is 854 g/mol. The van der Waals surface area contributed by atoms with Crippen molar-refractivity contribution in [2.75, 3.05) is 21.7 Å². The van der Waals surface area contributed by atoms with Gasteiger partial charge in [0.15, 0.2) is 0 Å². The minimum atomic E-state index is -0.0485. The number of aryl methyl sites for hydroxylation is 3. The Balaban J connectivity index is 0.00000360. The number of para-hydroxylation sites is 3. The van der Waals surface area contributed by atoms with Crippen LogP contribution in [0.25, 0.3) is 22.6 Å². The van der Waals surface area contributed by atoms with Gasteiger partial charge in [0.25, 0.3) is 0 Å². The van der Waals surface area contributed by atoms with Crippen molar-refractivity contribution in [3.8, 4) is 34.1 Å². The van der Waals surface area contributed by atoms with Crippen LogP contribution in [0.15, 0.2) is 134 Å². The maximum Gasteiger partial charge on any atom is 0.399 e. The van der Waals surface area contributed by atoms with E-state index in [9.17, 15) is 0 Å². The fourth-order valence-corrected chi connectivity index (χ4v) is 8.05. The molecular formula is C44H33BN5OPt-3. The van der Waals surface area contributed by atoms with Crippen LogP contribution in [0.1, 0.15) is 16.7 Å². The second kappa shape index (κ2) is 12.9. The van der Waals surface area contributed by atoms with Gasteiger partial charge in [-0.2, -0.15) is 6.07 Å². The number of benzene rings is 6. The molecule has 4 heterocycles. The Kier molecular flexibility index (Phi) is 8.04. The van der Waals surface area contributed by atoms with Gasteiger partial charge in [-0.3, -0.25) is 4.98 Å². The molecule has 256 valence electrons. The standard InChI is InChI=1S/C44H33BN5O.Pt/c1-30-12-10-14-32-23-22-31-13-6-7-19-37(31)42-28-46-44-38-27-36(24-25-39(38)47(2)45(43(30)32)50(42)44)51-35-18-11-17-34(26-35)49-29-48(33-15-4-3-5-16-33)40-20-8-9-21-41(40)49;/h3-21,24-25,28-29H,22-23H2,1-2H3;/q-3;. The van der Waals surface area contributed by atoms with E-state index < -0.39 is 0 Å². The summed E-state index contributed by atoms with van der Waals surface area (Å²) in [5, 5.41) is 0. The topological polar surface area (TPSA) is 36.8 Å². The Labute approximate surface area is 319 Å². The number of rotatable bonds is 4. The van der Waals surface area contributed by atoms with Gasteiger partial charge in [-0.05, 0) is 67.7 Å². The van der Waals surface area contributed by atoms with Crippen LogP contribution >= 0.6 is 0 Å². The molecular weight excluding hydrogens is 820 g/mol. The van der Waals surface area contributed by atoms with Crippen LogP contribution in [0.4, 0.5) is 28.4 Å². The van der Waals surface area contributed by atoms with Gasteiger partial charge in [0.05, 0.1) is 0 Å². The molecule has 0 radical (unpaired) electrons. The Morgan fingerprint density at radius 3 is 2.27 bits per heavy atom. The molecule has 0 aliphatic carbocycles.